The molecule has 0 aromatic heterocycles. The Balaban J connectivity index is 1.83. The molecule has 2 rings (SSSR count). The molecule has 3 heteroatoms. The Kier molecular flexibility index (Phi) is 4.30. The molecule has 0 heterocycles. The summed E-state index contributed by atoms with van der Waals surface area (Å²) in [5.74, 6) is 2.56. The molecule has 0 aromatic carbocycles. The molecule has 0 aromatic rings. The first-order chi connectivity index (χ1) is 8.26. The summed E-state index contributed by atoms with van der Waals surface area (Å²) in [5, 5.41) is 0. The minimum Gasteiger partial charge on any atom is -0.370 e. The Labute approximate surface area is 105 Å². The molecule has 0 amide bonds. The fraction of sp³-hybridized carbons (Fsp3) is 0.929. The van der Waals surface area contributed by atoms with E-state index in [0.29, 0.717) is 6.04 Å². The van der Waals surface area contributed by atoms with Gasteiger partial charge in [0.05, 0.1) is 6.04 Å². The van der Waals surface area contributed by atoms with Crippen LogP contribution < -0.4 is 5.73 Å². The SMILES string of the molecule is CCN(CC)C(N)=NC1CC1C1CCCCC1. The number of aliphatic imine (C=N–C) groups is 1. The third kappa shape index (κ3) is 3.14. The largest absolute Gasteiger partial charge is 0.370 e. The molecule has 3 nitrogen and oxygen atoms in total. The maximum absolute atomic E-state index is 6.05. The highest BCUT2D eigenvalue weighted by Crippen LogP contribution is 2.46. The minimum atomic E-state index is 0.540. The van der Waals surface area contributed by atoms with Crippen LogP contribution in [0.5, 0.6) is 0 Å². The van der Waals surface area contributed by atoms with Gasteiger partial charge in [0.1, 0.15) is 0 Å². The standard InChI is InChI=1S/C14H27N3/c1-3-17(4-2)14(15)16-13-10-12(13)11-8-6-5-7-9-11/h11-13H,3-10H2,1-2H3,(H2,15,16). The van der Waals surface area contributed by atoms with E-state index in [2.05, 4.69) is 18.7 Å². The molecule has 0 spiro atoms. The number of hydrogen-bond acceptors (Lipinski definition) is 1. The Morgan fingerprint density at radius 1 is 1.18 bits per heavy atom. The van der Waals surface area contributed by atoms with Crippen molar-refractivity contribution in [2.75, 3.05) is 13.1 Å². The predicted octanol–water partition coefficient (Wildman–Crippen LogP) is 2.61. The molecule has 2 aliphatic rings. The molecule has 2 atom stereocenters. The van der Waals surface area contributed by atoms with E-state index < -0.39 is 0 Å². The highest BCUT2D eigenvalue weighted by molar-refractivity contribution is 5.78. The van der Waals surface area contributed by atoms with Gasteiger partial charge in [-0.1, -0.05) is 32.1 Å². The first-order valence-corrected chi connectivity index (χ1v) is 7.34. The van der Waals surface area contributed by atoms with Gasteiger partial charge in [-0.25, -0.2) is 4.99 Å². The lowest BCUT2D eigenvalue weighted by molar-refractivity contribution is 0.318. The van der Waals surface area contributed by atoms with Gasteiger partial charge >= 0.3 is 0 Å². The maximum Gasteiger partial charge on any atom is 0.191 e. The second-order valence-electron chi connectivity index (χ2n) is 5.52. The van der Waals surface area contributed by atoms with Crippen LogP contribution in [0.4, 0.5) is 0 Å². The summed E-state index contributed by atoms with van der Waals surface area (Å²) in [4.78, 5) is 6.86. The zero-order valence-corrected chi connectivity index (χ0v) is 11.4. The van der Waals surface area contributed by atoms with E-state index in [1.54, 1.807) is 0 Å². The molecule has 2 unspecified atom stereocenters. The van der Waals surface area contributed by atoms with E-state index in [0.717, 1.165) is 30.9 Å². The van der Waals surface area contributed by atoms with E-state index in [1.165, 1.54) is 38.5 Å². The average Bonchev–Trinajstić information content (AvgIpc) is 3.11. The molecule has 0 radical (unpaired) electrons. The van der Waals surface area contributed by atoms with E-state index in [1.807, 2.05) is 0 Å². The Morgan fingerprint density at radius 3 is 2.41 bits per heavy atom. The van der Waals surface area contributed by atoms with Crippen LogP contribution in [0.1, 0.15) is 52.4 Å². The fourth-order valence-electron chi connectivity index (χ4n) is 3.22. The molecule has 0 aliphatic heterocycles. The van der Waals surface area contributed by atoms with Gasteiger partial charge in [-0.3, -0.25) is 0 Å². The lowest BCUT2D eigenvalue weighted by Crippen LogP contribution is -2.37. The maximum atomic E-state index is 6.05. The second-order valence-corrected chi connectivity index (χ2v) is 5.52. The van der Waals surface area contributed by atoms with Crippen molar-refractivity contribution in [2.45, 2.75) is 58.4 Å². The molecule has 2 N–H and O–H groups in total. The Hall–Kier alpha value is -0.730. The van der Waals surface area contributed by atoms with E-state index in [9.17, 15) is 0 Å². The van der Waals surface area contributed by atoms with Crippen molar-refractivity contribution >= 4 is 5.96 Å². The Bertz CT molecular complexity index is 265. The highest BCUT2D eigenvalue weighted by atomic mass is 15.3. The zero-order chi connectivity index (χ0) is 12.3. The van der Waals surface area contributed by atoms with Crippen LogP contribution in [0, 0.1) is 11.8 Å². The van der Waals surface area contributed by atoms with Crippen molar-refractivity contribution in [2.24, 2.45) is 22.6 Å². The summed E-state index contributed by atoms with van der Waals surface area (Å²) in [5.41, 5.74) is 6.05. The molecule has 0 bridgehead atoms. The van der Waals surface area contributed by atoms with Crippen LogP contribution in [0.15, 0.2) is 4.99 Å². The quantitative estimate of drug-likeness (QED) is 0.603. The minimum absolute atomic E-state index is 0.540. The van der Waals surface area contributed by atoms with Crippen molar-refractivity contribution in [1.29, 1.82) is 0 Å². The van der Waals surface area contributed by atoms with Gasteiger partial charge in [-0.2, -0.15) is 0 Å². The summed E-state index contributed by atoms with van der Waals surface area (Å²) < 4.78 is 0. The second kappa shape index (κ2) is 5.74. The van der Waals surface area contributed by atoms with Crippen molar-refractivity contribution in [3.8, 4) is 0 Å². The van der Waals surface area contributed by atoms with Gasteiger partial charge in [0.15, 0.2) is 5.96 Å². The first-order valence-electron chi connectivity index (χ1n) is 7.34. The number of guanidine groups is 1. The van der Waals surface area contributed by atoms with Gasteiger partial charge in [0, 0.05) is 13.1 Å². The average molecular weight is 237 g/mol. The van der Waals surface area contributed by atoms with Crippen LogP contribution in [-0.4, -0.2) is 30.0 Å². The van der Waals surface area contributed by atoms with Gasteiger partial charge < -0.3 is 10.6 Å². The predicted molar refractivity (Wildman–Crippen MR) is 73.0 cm³/mol. The van der Waals surface area contributed by atoms with E-state index in [4.69, 9.17) is 10.7 Å². The zero-order valence-electron chi connectivity index (χ0n) is 11.4. The number of hydrogen-bond donors (Lipinski definition) is 1. The van der Waals surface area contributed by atoms with Gasteiger partial charge in [0.25, 0.3) is 0 Å². The highest BCUT2D eigenvalue weighted by Gasteiger charge is 2.43. The summed E-state index contributed by atoms with van der Waals surface area (Å²) in [6.07, 6.45) is 8.46. The van der Waals surface area contributed by atoms with Gasteiger partial charge in [0.2, 0.25) is 0 Å². The van der Waals surface area contributed by atoms with E-state index in [-0.39, 0.29) is 0 Å². The molecule has 2 aliphatic carbocycles. The summed E-state index contributed by atoms with van der Waals surface area (Å²) >= 11 is 0. The van der Waals surface area contributed by atoms with Crippen LogP contribution in [-0.2, 0) is 0 Å². The van der Waals surface area contributed by atoms with Crippen molar-refractivity contribution in [3.63, 3.8) is 0 Å². The van der Waals surface area contributed by atoms with E-state index >= 15 is 0 Å². The third-order valence-electron chi connectivity index (χ3n) is 4.45. The normalized spacial score (nSPS) is 30.4. The molecule has 17 heavy (non-hydrogen) atoms. The smallest absolute Gasteiger partial charge is 0.191 e. The van der Waals surface area contributed by atoms with Gasteiger partial charge in [-0.15, -0.1) is 0 Å². The number of rotatable bonds is 4. The first kappa shape index (κ1) is 12.7. The van der Waals surface area contributed by atoms with Crippen LogP contribution in [0.3, 0.4) is 0 Å². The van der Waals surface area contributed by atoms with Crippen molar-refractivity contribution < 1.29 is 0 Å². The topological polar surface area (TPSA) is 41.6 Å². The van der Waals surface area contributed by atoms with Crippen LogP contribution in [0.25, 0.3) is 0 Å². The fourth-order valence-corrected chi connectivity index (χ4v) is 3.22. The summed E-state index contributed by atoms with van der Waals surface area (Å²) in [6.45, 7) is 6.20. The molecular formula is C14H27N3. The summed E-state index contributed by atoms with van der Waals surface area (Å²) in [6, 6.07) is 0.540. The number of nitrogens with two attached hydrogens (primary N) is 1. The molecule has 2 fully saturated rings. The van der Waals surface area contributed by atoms with Crippen LogP contribution >= 0.6 is 0 Å². The monoisotopic (exact) mass is 237 g/mol. The van der Waals surface area contributed by atoms with Crippen molar-refractivity contribution in [1.82, 2.24) is 4.90 Å². The molecule has 0 saturated heterocycles. The third-order valence-corrected chi connectivity index (χ3v) is 4.45. The Morgan fingerprint density at radius 2 is 1.82 bits per heavy atom. The lowest BCUT2D eigenvalue weighted by Gasteiger charge is -2.22. The lowest BCUT2D eigenvalue weighted by atomic mass is 9.85. The molecular weight excluding hydrogens is 210 g/mol. The van der Waals surface area contributed by atoms with Crippen molar-refractivity contribution in [3.05, 3.63) is 0 Å². The van der Waals surface area contributed by atoms with Crippen LogP contribution in [0.2, 0.25) is 0 Å². The molecule has 98 valence electrons. The summed E-state index contributed by atoms with van der Waals surface area (Å²) in [7, 11) is 0. The number of nitrogens with zero attached hydrogens (tertiary/aromatic N) is 2. The molecule has 2 saturated carbocycles. The van der Waals surface area contributed by atoms with Gasteiger partial charge in [-0.05, 0) is 32.1 Å².